The van der Waals surface area contributed by atoms with Gasteiger partial charge < -0.3 is 10.5 Å². The molecule has 3 rings (SSSR count). The number of hydrogen-bond acceptors (Lipinski definition) is 6. The van der Waals surface area contributed by atoms with Crippen LogP contribution < -0.4 is 17.0 Å². The molecule has 0 saturated carbocycles. The number of nitrogen functional groups attached to an aromatic ring is 1. The van der Waals surface area contributed by atoms with E-state index in [4.69, 9.17) is 10.5 Å². The molecule has 8 heteroatoms. The van der Waals surface area contributed by atoms with Crippen LogP contribution in [0.25, 0.3) is 0 Å². The second kappa shape index (κ2) is 6.62. The maximum Gasteiger partial charge on any atom is 0.338 e. The lowest BCUT2D eigenvalue weighted by molar-refractivity contribution is 0.0474. The first-order chi connectivity index (χ1) is 12.3. The van der Waals surface area contributed by atoms with Gasteiger partial charge in [-0.25, -0.2) is 9.59 Å². The molecule has 2 N–H and O–H groups in total. The first-order valence-electron chi connectivity index (χ1n) is 8.19. The molecular weight excluding hydrogens is 338 g/mol. The molecule has 0 radical (unpaired) electrons. The van der Waals surface area contributed by atoms with Gasteiger partial charge >= 0.3 is 11.7 Å². The van der Waals surface area contributed by atoms with Gasteiger partial charge in [0.15, 0.2) is 6.61 Å². The van der Waals surface area contributed by atoms with Crippen molar-refractivity contribution in [3.8, 4) is 0 Å². The van der Waals surface area contributed by atoms with Crippen LogP contribution in [0.1, 0.15) is 38.3 Å². The molecule has 26 heavy (non-hydrogen) atoms. The zero-order valence-electron chi connectivity index (χ0n) is 14.6. The third kappa shape index (κ3) is 2.94. The molecule has 1 aliphatic carbocycles. The Morgan fingerprint density at radius 1 is 1.12 bits per heavy atom. The molecule has 0 bridgehead atoms. The fraction of sp³-hybridized carbons (Fsp3) is 0.333. The predicted molar refractivity (Wildman–Crippen MR) is 94.4 cm³/mol. The van der Waals surface area contributed by atoms with Gasteiger partial charge in [0.1, 0.15) is 11.4 Å². The summed E-state index contributed by atoms with van der Waals surface area (Å²) in [7, 11) is 2.60. The zero-order chi connectivity index (χ0) is 19.0. The average molecular weight is 357 g/mol. The minimum absolute atomic E-state index is 0.253. The standard InChI is InChI=1S/C18H19N3O5/c1-20-15(19)14(16(23)21(2)18(20)25)13(22)9-26-17(24)12-7-6-10-4-3-5-11(10)8-12/h6-8H,3-5,9,19H2,1-2H3. The quantitative estimate of drug-likeness (QED) is 0.617. The first kappa shape index (κ1) is 17.7. The summed E-state index contributed by atoms with van der Waals surface area (Å²) in [6.07, 6.45) is 2.97. The van der Waals surface area contributed by atoms with Gasteiger partial charge in [-0.2, -0.15) is 0 Å². The molecule has 0 amide bonds. The van der Waals surface area contributed by atoms with E-state index in [1.165, 1.54) is 19.7 Å². The number of anilines is 1. The number of Topliss-reactive ketones (excluding diaryl/α,β-unsaturated/α-hetero) is 1. The van der Waals surface area contributed by atoms with E-state index in [9.17, 15) is 19.2 Å². The Bertz CT molecular complexity index is 1030. The van der Waals surface area contributed by atoms with Crippen molar-refractivity contribution in [1.82, 2.24) is 9.13 Å². The molecule has 0 spiro atoms. The summed E-state index contributed by atoms with van der Waals surface area (Å²) in [5.74, 6) is -1.65. The maximum absolute atomic E-state index is 12.3. The molecule has 1 heterocycles. The highest BCUT2D eigenvalue weighted by Crippen LogP contribution is 2.23. The van der Waals surface area contributed by atoms with Crippen molar-refractivity contribution < 1.29 is 14.3 Å². The minimum atomic E-state index is -0.816. The number of nitrogens with zero attached hydrogens (tertiary/aromatic N) is 2. The molecule has 0 fully saturated rings. The summed E-state index contributed by atoms with van der Waals surface area (Å²) < 4.78 is 6.83. The molecule has 0 aliphatic heterocycles. The third-order valence-corrected chi connectivity index (χ3v) is 4.66. The number of benzene rings is 1. The number of esters is 1. The fourth-order valence-corrected chi connectivity index (χ4v) is 3.11. The molecular formula is C18H19N3O5. The van der Waals surface area contributed by atoms with E-state index in [1.807, 2.05) is 6.07 Å². The van der Waals surface area contributed by atoms with Crippen molar-refractivity contribution in [3.63, 3.8) is 0 Å². The summed E-state index contributed by atoms with van der Waals surface area (Å²) in [6.45, 7) is -0.631. The lowest BCUT2D eigenvalue weighted by Crippen LogP contribution is -2.42. The number of fused-ring (bicyclic) bond motifs is 1. The minimum Gasteiger partial charge on any atom is -0.454 e. The van der Waals surface area contributed by atoms with E-state index in [-0.39, 0.29) is 11.4 Å². The third-order valence-electron chi connectivity index (χ3n) is 4.66. The summed E-state index contributed by atoms with van der Waals surface area (Å²) in [6, 6.07) is 5.33. The van der Waals surface area contributed by atoms with Crippen molar-refractivity contribution in [1.29, 1.82) is 0 Å². The van der Waals surface area contributed by atoms with Crippen LogP contribution in [0.3, 0.4) is 0 Å². The normalized spacial score (nSPS) is 12.7. The lowest BCUT2D eigenvalue weighted by atomic mass is 10.1. The molecule has 0 unspecified atom stereocenters. The molecule has 0 atom stereocenters. The highest BCUT2D eigenvalue weighted by Gasteiger charge is 2.22. The zero-order valence-corrected chi connectivity index (χ0v) is 14.6. The van der Waals surface area contributed by atoms with Crippen LogP contribution >= 0.6 is 0 Å². The predicted octanol–water partition coefficient (Wildman–Crippen LogP) is 0.195. The number of ether oxygens (including phenoxy) is 1. The van der Waals surface area contributed by atoms with E-state index in [0.29, 0.717) is 5.56 Å². The van der Waals surface area contributed by atoms with Crippen molar-refractivity contribution in [2.75, 3.05) is 12.3 Å². The number of aromatic nitrogens is 2. The molecule has 8 nitrogen and oxygen atoms in total. The number of ketones is 1. The number of nitrogens with two attached hydrogens (primary N) is 1. The Hall–Kier alpha value is -3.16. The molecule has 1 aromatic heterocycles. The van der Waals surface area contributed by atoms with E-state index in [2.05, 4.69) is 0 Å². The van der Waals surface area contributed by atoms with Crippen LogP contribution in [-0.4, -0.2) is 27.5 Å². The number of aryl methyl sites for hydroxylation is 2. The first-order valence-corrected chi connectivity index (χ1v) is 8.19. The summed E-state index contributed by atoms with van der Waals surface area (Å²) in [5.41, 5.74) is 6.60. The molecule has 0 saturated heterocycles. The van der Waals surface area contributed by atoms with Crippen molar-refractivity contribution in [3.05, 3.63) is 61.3 Å². The number of carbonyl (C=O) groups excluding carboxylic acids is 2. The second-order valence-corrected chi connectivity index (χ2v) is 6.30. The monoisotopic (exact) mass is 357 g/mol. The van der Waals surface area contributed by atoms with Crippen molar-refractivity contribution >= 4 is 17.6 Å². The van der Waals surface area contributed by atoms with Gasteiger partial charge in [0, 0.05) is 14.1 Å². The van der Waals surface area contributed by atoms with Gasteiger partial charge in [0.2, 0.25) is 5.78 Å². The number of carbonyl (C=O) groups is 2. The van der Waals surface area contributed by atoms with Crippen molar-refractivity contribution in [2.24, 2.45) is 14.1 Å². The fourth-order valence-electron chi connectivity index (χ4n) is 3.11. The molecule has 2 aromatic rings. The summed E-state index contributed by atoms with van der Waals surface area (Å²) in [5, 5.41) is 0. The van der Waals surface area contributed by atoms with Crippen LogP contribution in [0.5, 0.6) is 0 Å². The van der Waals surface area contributed by atoms with E-state index in [1.54, 1.807) is 12.1 Å². The van der Waals surface area contributed by atoms with Crippen LogP contribution in [0.4, 0.5) is 5.82 Å². The molecule has 1 aliphatic rings. The SMILES string of the molecule is Cn1c(N)c(C(=O)COC(=O)c2ccc3c(c2)CCC3)c(=O)n(C)c1=O. The van der Waals surface area contributed by atoms with Gasteiger partial charge in [0.25, 0.3) is 5.56 Å². The summed E-state index contributed by atoms with van der Waals surface area (Å²) >= 11 is 0. The van der Waals surface area contributed by atoms with E-state index in [0.717, 1.165) is 34.0 Å². The van der Waals surface area contributed by atoms with Crippen LogP contribution in [-0.2, 0) is 31.7 Å². The van der Waals surface area contributed by atoms with Gasteiger partial charge in [-0.05, 0) is 42.5 Å². The Kier molecular flexibility index (Phi) is 4.50. The Morgan fingerprint density at radius 2 is 1.81 bits per heavy atom. The Labute approximate surface area is 148 Å². The highest BCUT2D eigenvalue weighted by atomic mass is 16.5. The molecule has 136 valence electrons. The summed E-state index contributed by atoms with van der Waals surface area (Å²) in [4.78, 5) is 48.5. The van der Waals surface area contributed by atoms with Crippen LogP contribution in [0.2, 0.25) is 0 Å². The smallest absolute Gasteiger partial charge is 0.338 e. The average Bonchev–Trinajstić information content (AvgIpc) is 3.10. The van der Waals surface area contributed by atoms with E-state index < -0.39 is 29.6 Å². The molecule has 1 aromatic carbocycles. The van der Waals surface area contributed by atoms with Gasteiger partial charge in [-0.1, -0.05) is 6.07 Å². The van der Waals surface area contributed by atoms with Gasteiger partial charge in [0.05, 0.1) is 5.56 Å². The highest BCUT2D eigenvalue weighted by molar-refractivity contribution is 6.02. The Balaban J connectivity index is 1.78. The van der Waals surface area contributed by atoms with Crippen LogP contribution in [0, 0.1) is 0 Å². The van der Waals surface area contributed by atoms with E-state index >= 15 is 0 Å². The van der Waals surface area contributed by atoms with Crippen LogP contribution in [0.15, 0.2) is 27.8 Å². The largest absolute Gasteiger partial charge is 0.454 e. The second-order valence-electron chi connectivity index (χ2n) is 6.30. The van der Waals surface area contributed by atoms with Gasteiger partial charge in [-0.3, -0.25) is 18.7 Å². The van der Waals surface area contributed by atoms with Crippen molar-refractivity contribution in [2.45, 2.75) is 19.3 Å². The van der Waals surface area contributed by atoms with Gasteiger partial charge in [-0.15, -0.1) is 0 Å². The lowest BCUT2D eigenvalue weighted by Gasteiger charge is -2.11. The number of hydrogen-bond donors (Lipinski definition) is 1. The topological polar surface area (TPSA) is 113 Å². The number of rotatable bonds is 4. The maximum atomic E-state index is 12.3. The Morgan fingerprint density at radius 3 is 2.54 bits per heavy atom.